The van der Waals surface area contributed by atoms with Gasteiger partial charge in [0.05, 0.1) is 25.2 Å². The van der Waals surface area contributed by atoms with Gasteiger partial charge in [0.15, 0.2) is 0 Å². The number of nitrogens with one attached hydrogen (secondary N) is 3. The molecule has 0 bridgehead atoms. The number of hydrogen-bond donors (Lipinski definition) is 4. The fourth-order valence-corrected chi connectivity index (χ4v) is 3.61. The van der Waals surface area contributed by atoms with E-state index in [-0.39, 0.29) is 37.1 Å². The van der Waals surface area contributed by atoms with E-state index in [1.54, 1.807) is 30.5 Å². The molecule has 1 saturated heterocycles. The lowest BCUT2D eigenvalue weighted by Gasteiger charge is -2.36. The maximum absolute atomic E-state index is 12.3. The van der Waals surface area contributed by atoms with Crippen LogP contribution in [0.1, 0.15) is 25.0 Å². The number of amides is 3. The summed E-state index contributed by atoms with van der Waals surface area (Å²) in [6, 6.07) is 11.6. The predicted octanol–water partition coefficient (Wildman–Crippen LogP) is 2.51. The van der Waals surface area contributed by atoms with Crippen molar-refractivity contribution in [1.82, 2.24) is 15.6 Å². The van der Waals surface area contributed by atoms with Crippen LogP contribution in [0.4, 0.5) is 10.5 Å². The highest BCUT2D eigenvalue weighted by Gasteiger charge is 2.31. The average molecular weight is 447 g/mol. The Morgan fingerprint density at radius 2 is 1.97 bits per heavy atom. The number of carbonyl (C=O) groups is 2. The standard InChI is InChI=1S/C22H27ClN4O4/c23-15-4-6-16(7-5-15)26-22(30)27-19-9-8-18(31-20(19)14-28)10-12-25-21(29)13-17-3-1-2-11-24-17/h1-7,11,18-20,28H,8-10,12-14H2,(H,25,29)(H2,26,27,30)/t18-,19+,20+/m0/s1. The second kappa shape index (κ2) is 11.6. The van der Waals surface area contributed by atoms with Gasteiger partial charge in [-0.05, 0) is 55.7 Å². The number of benzene rings is 1. The van der Waals surface area contributed by atoms with Gasteiger partial charge >= 0.3 is 6.03 Å². The lowest BCUT2D eigenvalue weighted by Crippen LogP contribution is -2.52. The topological polar surface area (TPSA) is 113 Å². The Morgan fingerprint density at radius 1 is 1.16 bits per heavy atom. The minimum Gasteiger partial charge on any atom is -0.394 e. The molecule has 8 nitrogen and oxygen atoms in total. The highest BCUT2D eigenvalue weighted by Crippen LogP contribution is 2.22. The van der Waals surface area contributed by atoms with Gasteiger partial charge in [-0.2, -0.15) is 0 Å². The van der Waals surface area contributed by atoms with Gasteiger partial charge in [-0.15, -0.1) is 0 Å². The lowest BCUT2D eigenvalue weighted by molar-refractivity contribution is -0.121. The molecular weight excluding hydrogens is 420 g/mol. The number of aliphatic hydroxyl groups excluding tert-OH is 1. The molecule has 3 rings (SSSR count). The van der Waals surface area contributed by atoms with Crippen LogP contribution in [0.3, 0.4) is 0 Å². The van der Waals surface area contributed by atoms with Crippen molar-refractivity contribution in [3.63, 3.8) is 0 Å². The van der Waals surface area contributed by atoms with Gasteiger partial charge in [0.1, 0.15) is 6.10 Å². The summed E-state index contributed by atoms with van der Waals surface area (Å²) < 4.78 is 5.94. The van der Waals surface area contributed by atoms with Gasteiger partial charge < -0.3 is 25.8 Å². The number of aromatic nitrogens is 1. The Labute approximate surface area is 186 Å². The van der Waals surface area contributed by atoms with E-state index in [1.807, 2.05) is 18.2 Å². The molecule has 0 unspecified atom stereocenters. The molecule has 0 aliphatic carbocycles. The number of hydrogen-bond acceptors (Lipinski definition) is 5. The summed E-state index contributed by atoms with van der Waals surface area (Å²) in [5, 5.41) is 18.8. The molecule has 31 heavy (non-hydrogen) atoms. The van der Waals surface area contributed by atoms with E-state index in [4.69, 9.17) is 16.3 Å². The van der Waals surface area contributed by atoms with E-state index < -0.39 is 6.10 Å². The molecule has 0 spiro atoms. The first-order valence-electron chi connectivity index (χ1n) is 10.3. The van der Waals surface area contributed by atoms with Crippen molar-refractivity contribution in [3.05, 3.63) is 59.4 Å². The maximum Gasteiger partial charge on any atom is 0.319 e. The number of rotatable bonds is 8. The normalized spacial score (nSPS) is 20.6. The number of aliphatic hydroxyl groups is 1. The number of carbonyl (C=O) groups excluding carboxylic acids is 2. The van der Waals surface area contributed by atoms with Crippen molar-refractivity contribution in [2.75, 3.05) is 18.5 Å². The van der Waals surface area contributed by atoms with Crippen molar-refractivity contribution in [1.29, 1.82) is 0 Å². The Hall–Kier alpha value is -2.68. The molecule has 1 aliphatic rings. The van der Waals surface area contributed by atoms with E-state index in [2.05, 4.69) is 20.9 Å². The highest BCUT2D eigenvalue weighted by atomic mass is 35.5. The lowest BCUT2D eigenvalue weighted by atomic mass is 9.97. The van der Waals surface area contributed by atoms with Crippen LogP contribution in [0.15, 0.2) is 48.7 Å². The molecule has 0 radical (unpaired) electrons. The molecule has 1 aliphatic heterocycles. The molecule has 2 aromatic rings. The fourth-order valence-electron chi connectivity index (χ4n) is 3.48. The maximum atomic E-state index is 12.3. The van der Waals surface area contributed by atoms with Gasteiger partial charge in [0.2, 0.25) is 5.91 Å². The summed E-state index contributed by atoms with van der Waals surface area (Å²) in [6.45, 7) is 0.276. The van der Waals surface area contributed by atoms with Crippen molar-refractivity contribution >= 4 is 29.2 Å². The van der Waals surface area contributed by atoms with Gasteiger partial charge in [-0.1, -0.05) is 17.7 Å². The molecule has 1 aromatic carbocycles. The van der Waals surface area contributed by atoms with E-state index >= 15 is 0 Å². The van der Waals surface area contributed by atoms with Crippen molar-refractivity contribution in [2.45, 2.75) is 43.9 Å². The van der Waals surface area contributed by atoms with Crippen molar-refractivity contribution in [2.24, 2.45) is 0 Å². The van der Waals surface area contributed by atoms with Crippen LogP contribution in [0.2, 0.25) is 5.02 Å². The minimum atomic E-state index is -0.501. The molecular formula is C22H27ClN4O4. The summed E-state index contributed by atoms with van der Waals surface area (Å²) in [5.74, 6) is -0.0911. The van der Waals surface area contributed by atoms with E-state index in [0.717, 1.165) is 12.1 Å². The molecule has 3 amide bonds. The first-order valence-corrected chi connectivity index (χ1v) is 10.7. The van der Waals surface area contributed by atoms with Crippen LogP contribution in [-0.4, -0.2) is 53.4 Å². The molecule has 2 heterocycles. The van der Waals surface area contributed by atoms with Crippen LogP contribution in [0, 0.1) is 0 Å². The summed E-state index contributed by atoms with van der Waals surface area (Å²) in [7, 11) is 0. The van der Waals surface area contributed by atoms with Crippen molar-refractivity contribution < 1.29 is 19.4 Å². The van der Waals surface area contributed by atoms with E-state index in [1.165, 1.54) is 0 Å². The first kappa shape index (κ1) is 23.0. The molecule has 166 valence electrons. The van der Waals surface area contributed by atoms with Gasteiger partial charge in [-0.25, -0.2) is 4.79 Å². The first-order chi connectivity index (χ1) is 15.0. The Morgan fingerprint density at radius 3 is 2.68 bits per heavy atom. The number of pyridine rings is 1. The Balaban J connectivity index is 1.39. The van der Waals surface area contributed by atoms with Gasteiger partial charge in [0, 0.05) is 29.1 Å². The molecule has 4 N–H and O–H groups in total. The third kappa shape index (κ3) is 7.50. The van der Waals surface area contributed by atoms with E-state index in [0.29, 0.717) is 30.1 Å². The Bertz CT molecular complexity index is 850. The number of ether oxygens (including phenoxy) is 1. The van der Waals surface area contributed by atoms with E-state index in [9.17, 15) is 14.7 Å². The second-order valence-corrected chi connectivity index (χ2v) is 7.84. The van der Waals surface area contributed by atoms with Crippen LogP contribution < -0.4 is 16.0 Å². The SMILES string of the molecule is O=C(Cc1ccccn1)NCC[C@@H]1CC[C@@H](NC(=O)Nc2ccc(Cl)cc2)[C@@H](CO)O1. The summed E-state index contributed by atoms with van der Waals surface area (Å²) in [4.78, 5) is 28.4. The average Bonchev–Trinajstić information content (AvgIpc) is 2.77. The van der Waals surface area contributed by atoms with Gasteiger partial charge in [-0.3, -0.25) is 9.78 Å². The predicted molar refractivity (Wildman–Crippen MR) is 118 cm³/mol. The summed E-state index contributed by atoms with van der Waals surface area (Å²) in [5.41, 5.74) is 1.35. The minimum absolute atomic E-state index is 0.0911. The smallest absolute Gasteiger partial charge is 0.319 e. The molecule has 1 fully saturated rings. The third-order valence-electron chi connectivity index (χ3n) is 5.07. The fraction of sp³-hybridized carbons (Fsp3) is 0.409. The molecule has 3 atom stereocenters. The quantitative estimate of drug-likeness (QED) is 0.497. The van der Waals surface area contributed by atoms with Crippen LogP contribution in [0.25, 0.3) is 0 Å². The van der Waals surface area contributed by atoms with Crippen LogP contribution in [0.5, 0.6) is 0 Å². The molecule has 9 heteroatoms. The highest BCUT2D eigenvalue weighted by molar-refractivity contribution is 6.30. The summed E-state index contributed by atoms with van der Waals surface area (Å²) >= 11 is 5.85. The number of nitrogens with zero attached hydrogens (tertiary/aromatic N) is 1. The largest absolute Gasteiger partial charge is 0.394 e. The number of urea groups is 1. The molecule has 0 saturated carbocycles. The zero-order valence-corrected chi connectivity index (χ0v) is 17.8. The zero-order valence-electron chi connectivity index (χ0n) is 17.1. The summed E-state index contributed by atoms with van der Waals surface area (Å²) in [6.07, 6.45) is 3.33. The third-order valence-corrected chi connectivity index (χ3v) is 5.32. The van der Waals surface area contributed by atoms with Crippen molar-refractivity contribution in [3.8, 4) is 0 Å². The van der Waals surface area contributed by atoms with Crippen LogP contribution in [-0.2, 0) is 16.0 Å². The zero-order chi connectivity index (χ0) is 22.1. The van der Waals surface area contributed by atoms with Crippen LogP contribution >= 0.6 is 11.6 Å². The number of anilines is 1. The second-order valence-electron chi connectivity index (χ2n) is 7.40. The molecule has 1 aromatic heterocycles. The number of halogens is 1. The van der Waals surface area contributed by atoms with Gasteiger partial charge in [0.25, 0.3) is 0 Å². The monoisotopic (exact) mass is 446 g/mol. The Kier molecular flexibility index (Phi) is 8.63.